The summed E-state index contributed by atoms with van der Waals surface area (Å²) in [7, 11) is 1.85. The van der Waals surface area contributed by atoms with Gasteiger partial charge in [0.25, 0.3) is 0 Å². The van der Waals surface area contributed by atoms with Gasteiger partial charge in [-0.05, 0) is 26.0 Å². The Morgan fingerprint density at radius 2 is 2.13 bits per heavy atom. The van der Waals surface area contributed by atoms with E-state index in [9.17, 15) is 4.39 Å². The standard InChI is InChI=1S/C13H18FN/c1-4-10(2)9-13(15-3)11-7-5-6-8-12(11)14/h5-8,13,15H,2,4,9H2,1,3H3. The van der Waals surface area contributed by atoms with Crippen LogP contribution in [0, 0.1) is 5.82 Å². The molecule has 0 aromatic heterocycles. The average Bonchev–Trinajstić information content (AvgIpc) is 2.26. The van der Waals surface area contributed by atoms with Crippen molar-refractivity contribution in [3.05, 3.63) is 47.8 Å². The van der Waals surface area contributed by atoms with Crippen molar-refractivity contribution in [2.75, 3.05) is 7.05 Å². The van der Waals surface area contributed by atoms with Crippen LogP contribution in [-0.2, 0) is 0 Å². The highest BCUT2D eigenvalue weighted by Crippen LogP contribution is 2.23. The maximum Gasteiger partial charge on any atom is 0.127 e. The maximum atomic E-state index is 13.5. The Morgan fingerprint density at radius 3 is 2.67 bits per heavy atom. The van der Waals surface area contributed by atoms with Crippen LogP contribution in [0.3, 0.4) is 0 Å². The number of rotatable bonds is 5. The van der Waals surface area contributed by atoms with Gasteiger partial charge in [0.05, 0.1) is 0 Å². The van der Waals surface area contributed by atoms with Crippen LogP contribution in [-0.4, -0.2) is 7.05 Å². The zero-order chi connectivity index (χ0) is 11.3. The zero-order valence-electron chi connectivity index (χ0n) is 9.39. The molecule has 0 aliphatic rings. The predicted molar refractivity (Wildman–Crippen MR) is 62.2 cm³/mol. The summed E-state index contributed by atoms with van der Waals surface area (Å²) < 4.78 is 13.5. The van der Waals surface area contributed by atoms with Gasteiger partial charge in [0.15, 0.2) is 0 Å². The Labute approximate surface area is 91.0 Å². The van der Waals surface area contributed by atoms with E-state index >= 15 is 0 Å². The van der Waals surface area contributed by atoms with E-state index in [0.717, 1.165) is 24.0 Å². The molecule has 0 spiro atoms. The summed E-state index contributed by atoms with van der Waals surface area (Å²) >= 11 is 0. The Kier molecular flexibility index (Phi) is 4.50. The molecular formula is C13H18FN. The van der Waals surface area contributed by atoms with E-state index in [4.69, 9.17) is 0 Å². The summed E-state index contributed by atoms with van der Waals surface area (Å²) in [5.41, 5.74) is 1.85. The number of hydrogen-bond donors (Lipinski definition) is 1. The van der Waals surface area contributed by atoms with Gasteiger partial charge in [-0.15, -0.1) is 0 Å². The van der Waals surface area contributed by atoms with Crippen LogP contribution < -0.4 is 5.32 Å². The van der Waals surface area contributed by atoms with Gasteiger partial charge in [-0.3, -0.25) is 0 Å². The van der Waals surface area contributed by atoms with Crippen molar-refractivity contribution >= 4 is 0 Å². The third-order valence-corrected chi connectivity index (χ3v) is 2.62. The highest BCUT2D eigenvalue weighted by atomic mass is 19.1. The number of halogens is 1. The van der Waals surface area contributed by atoms with Crippen LogP contribution in [0.1, 0.15) is 31.4 Å². The molecule has 1 N–H and O–H groups in total. The van der Waals surface area contributed by atoms with Crippen LogP contribution in [0.2, 0.25) is 0 Å². The summed E-state index contributed by atoms with van der Waals surface area (Å²) in [5, 5.41) is 3.12. The molecule has 0 saturated carbocycles. The number of benzene rings is 1. The lowest BCUT2D eigenvalue weighted by atomic mass is 9.98. The molecule has 15 heavy (non-hydrogen) atoms. The first kappa shape index (κ1) is 11.9. The van der Waals surface area contributed by atoms with Crippen molar-refractivity contribution in [1.82, 2.24) is 5.32 Å². The molecule has 0 bridgehead atoms. The minimum atomic E-state index is -0.152. The van der Waals surface area contributed by atoms with E-state index in [1.54, 1.807) is 6.07 Å². The fraction of sp³-hybridized carbons (Fsp3) is 0.385. The summed E-state index contributed by atoms with van der Waals surface area (Å²) in [6.45, 7) is 6.02. The SMILES string of the molecule is C=C(CC)CC(NC)c1ccccc1F. The van der Waals surface area contributed by atoms with Crippen LogP contribution in [0.5, 0.6) is 0 Å². The average molecular weight is 207 g/mol. The quantitative estimate of drug-likeness (QED) is 0.729. The highest BCUT2D eigenvalue weighted by Gasteiger charge is 2.13. The largest absolute Gasteiger partial charge is 0.313 e. The van der Waals surface area contributed by atoms with E-state index in [0.29, 0.717) is 0 Å². The van der Waals surface area contributed by atoms with Crippen LogP contribution in [0.15, 0.2) is 36.4 Å². The van der Waals surface area contributed by atoms with E-state index < -0.39 is 0 Å². The molecule has 0 fully saturated rings. The number of hydrogen-bond acceptors (Lipinski definition) is 1. The van der Waals surface area contributed by atoms with Crippen LogP contribution in [0.4, 0.5) is 4.39 Å². The minimum Gasteiger partial charge on any atom is -0.313 e. The van der Waals surface area contributed by atoms with E-state index in [2.05, 4.69) is 18.8 Å². The monoisotopic (exact) mass is 207 g/mol. The zero-order valence-corrected chi connectivity index (χ0v) is 9.39. The molecule has 0 aliphatic heterocycles. The summed E-state index contributed by atoms with van der Waals surface area (Å²) in [6.07, 6.45) is 1.72. The fourth-order valence-corrected chi connectivity index (χ4v) is 1.56. The highest BCUT2D eigenvalue weighted by molar-refractivity contribution is 5.22. The van der Waals surface area contributed by atoms with Crippen molar-refractivity contribution in [3.63, 3.8) is 0 Å². The molecular weight excluding hydrogens is 189 g/mol. The van der Waals surface area contributed by atoms with E-state index in [1.165, 1.54) is 6.07 Å². The van der Waals surface area contributed by atoms with Crippen molar-refractivity contribution in [2.45, 2.75) is 25.8 Å². The molecule has 1 aromatic rings. The summed E-state index contributed by atoms with van der Waals surface area (Å²) in [5.74, 6) is -0.152. The Bertz CT molecular complexity index is 333. The van der Waals surface area contributed by atoms with Crippen molar-refractivity contribution in [3.8, 4) is 0 Å². The molecule has 0 radical (unpaired) electrons. The third kappa shape index (κ3) is 3.17. The second kappa shape index (κ2) is 5.66. The molecule has 2 heteroatoms. The van der Waals surface area contributed by atoms with Crippen molar-refractivity contribution in [1.29, 1.82) is 0 Å². The van der Waals surface area contributed by atoms with Gasteiger partial charge in [0.1, 0.15) is 5.82 Å². The maximum absolute atomic E-state index is 13.5. The summed E-state index contributed by atoms with van der Waals surface area (Å²) in [4.78, 5) is 0. The third-order valence-electron chi connectivity index (χ3n) is 2.62. The van der Waals surface area contributed by atoms with Gasteiger partial charge in [0.2, 0.25) is 0 Å². The minimum absolute atomic E-state index is 0.0265. The molecule has 1 atom stereocenters. The van der Waals surface area contributed by atoms with Crippen LogP contribution in [0.25, 0.3) is 0 Å². The van der Waals surface area contributed by atoms with Crippen molar-refractivity contribution < 1.29 is 4.39 Å². The van der Waals surface area contributed by atoms with Crippen LogP contribution >= 0.6 is 0 Å². The lowest BCUT2D eigenvalue weighted by Crippen LogP contribution is -2.18. The van der Waals surface area contributed by atoms with Gasteiger partial charge in [-0.1, -0.05) is 37.3 Å². The molecule has 82 valence electrons. The lowest BCUT2D eigenvalue weighted by molar-refractivity contribution is 0.529. The van der Waals surface area contributed by atoms with Gasteiger partial charge < -0.3 is 5.32 Å². The van der Waals surface area contributed by atoms with E-state index in [-0.39, 0.29) is 11.9 Å². The first-order valence-corrected chi connectivity index (χ1v) is 5.27. The first-order chi connectivity index (χ1) is 7.19. The molecule has 0 aliphatic carbocycles. The molecule has 0 heterocycles. The van der Waals surface area contributed by atoms with E-state index in [1.807, 2.05) is 19.2 Å². The topological polar surface area (TPSA) is 12.0 Å². The first-order valence-electron chi connectivity index (χ1n) is 5.27. The normalized spacial score (nSPS) is 12.5. The smallest absolute Gasteiger partial charge is 0.127 e. The second-order valence-electron chi connectivity index (χ2n) is 3.67. The fourth-order valence-electron chi connectivity index (χ4n) is 1.56. The lowest BCUT2D eigenvalue weighted by Gasteiger charge is -2.18. The van der Waals surface area contributed by atoms with Gasteiger partial charge in [-0.25, -0.2) is 4.39 Å². The molecule has 0 saturated heterocycles. The molecule has 1 unspecified atom stereocenters. The van der Waals surface area contributed by atoms with Gasteiger partial charge in [-0.2, -0.15) is 0 Å². The predicted octanol–water partition coefficient (Wildman–Crippen LogP) is 3.44. The van der Waals surface area contributed by atoms with Gasteiger partial charge >= 0.3 is 0 Å². The Balaban J connectivity index is 2.83. The Morgan fingerprint density at radius 1 is 1.47 bits per heavy atom. The molecule has 1 nitrogen and oxygen atoms in total. The second-order valence-corrected chi connectivity index (χ2v) is 3.67. The molecule has 1 aromatic carbocycles. The Hall–Kier alpha value is -1.15. The summed E-state index contributed by atoms with van der Waals surface area (Å²) in [6, 6.07) is 6.91. The van der Waals surface area contributed by atoms with Crippen molar-refractivity contribution in [2.24, 2.45) is 0 Å². The molecule has 1 rings (SSSR count). The van der Waals surface area contributed by atoms with Gasteiger partial charge in [0, 0.05) is 11.6 Å². The molecule has 0 amide bonds. The number of nitrogens with one attached hydrogen (secondary N) is 1.